The van der Waals surface area contributed by atoms with Crippen LogP contribution < -0.4 is 15.8 Å². The van der Waals surface area contributed by atoms with Crippen molar-refractivity contribution < 1.29 is 12.8 Å². The van der Waals surface area contributed by atoms with Gasteiger partial charge in [-0.3, -0.25) is 4.68 Å². The zero-order valence-corrected chi connectivity index (χ0v) is 18.5. The van der Waals surface area contributed by atoms with Gasteiger partial charge in [0.2, 0.25) is 10.0 Å². The molecule has 4 N–H and O–H groups in total. The third-order valence-electron chi connectivity index (χ3n) is 4.69. The van der Waals surface area contributed by atoms with Crippen molar-refractivity contribution in [1.29, 1.82) is 0 Å². The number of sulfonamides is 1. The third-order valence-corrected chi connectivity index (χ3v) is 5.62. The number of nitrogens with zero attached hydrogens (tertiary/aromatic N) is 3. The van der Waals surface area contributed by atoms with E-state index in [-0.39, 0.29) is 4.90 Å². The van der Waals surface area contributed by atoms with E-state index in [1.807, 2.05) is 30.1 Å². The van der Waals surface area contributed by atoms with Crippen LogP contribution in [0, 0.1) is 0 Å². The fourth-order valence-electron chi connectivity index (χ4n) is 3.10. The third kappa shape index (κ3) is 6.69. The second-order valence-corrected chi connectivity index (χ2v) is 8.65. The van der Waals surface area contributed by atoms with E-state index in [1.54, 1.807) is 18.4 Å². The van der Waals surface area contributed by atoms with Crippen molar-refractivity contribution in [2.24, 2.45) is 17.2 Å². The Morgan fingerprint density at radius 3 is 2.65 bits per heavy atom. The number of aromatic nitrogens is 2. The molecule has 31 heavy (non-hydrogen) atoms. The Morgan fingerprint density at radius 2 is 2.00 bits per heavy atom. The summed E-state index contributed by atoms with van der Waals surface area (Å²) in [5, 5.41) is 16.3. The first kappa shape index (κ1) is 22.6. The molecule has 2 heterocycles. The number of benzene rings is 1. The van der Waals surface area contributed by atoms with Crippen molar-refractivity contribution in [3.63, 3.8) is 0 Å². The first-order valence-corrected chi connectivity index (χ1v) is 11.6. The van der Waals surface area contributed by atoms with Crippen molar-refractivity contribution in [3.05, 3.63) is 71.4 Å². The quantitative estimate of drug-likeness (QED) is 0.340. The molecule has 0 aliphatic rings. The fourth-order valence-corrected chi connectivity index (χ4v) is 3.61. The van der Waals surface area contributed by atoms with Crippen LogP contribution in [-0.2, 0) is 43.0 Å². The van der Waals surface area contributed by atoms with Gasteiger partial charge in [0.05, 0.1) is 23.4 Å². The molecule has 2 aromatic heterocycles. The van der Waals surface area contributed by atoms with E-state index in [2.05, 4.69) is 27.6 Å². The Bertz CT molecular complexity index is 1100. The minimum absolute atomic E-state index is 0.0822. The van der Waals surface area contributed by atoms with Gasteiger partial charge in [-0.05, 0) is 36.2 Å². The van der Waals surface area contributed by atoms with Crippen LogP contribution >= 0.6 is 0 Å². The molecule has 0 aliphatic carbocycles. The molecule has 0 radical (unpaired) electrons. The predicted molar refractivity (Wildman–Crippen MR) is 119 cm³/mol. The largest absolute Gasteiger partial charge is 0.469 e. The molecule has 0 fully saturated rings. The van der Waals surface area contributed by atoms with Gasteiger partial charge in [0.25, 0.3) is 0 Å². The van der Waals surface area contributed by atoms with Crippen LogP contribution in [0.2, 0.25) is 0 Å². The summed E-state index contributed by atoms with van der Waals surface area (Å²) in [7, 11) is -1.80. The van der Waals surface area contributed by atoms with E-state index in [1.165, 1.54) is 12.1 Å². The van der Waals surface area contributed by atoms with E-state index < -0.39 is 10.0 Å². The maximum Gasteiger partial charge on any atom is 0.238 e. The van der Waals surface area contributed by atoms with Crippen molar-refractivity contribution >= 4 is 16.0 Å². The molecular weight excluding hydrogens is 416 g/mol. The van der Waals surface area contributed by atoms with Gasteiger partial charge in [0, 0.05) is 38.3 Å². The molecule has 0 aliphatic heterocycles. The summed E-state index contributed by atoms with van der Waals surface area (Å²) in [4.78, 5) is 4.72. The highest BCUT2D eigenvalue weighted by Gasteiger charge is 2.09. The highest BCUT2D eigenvalue weighted by atomic mass is 32.2. The van der Waals surface area contributed by atoms with Crippen LogP contribution in [0.1, 0.15) is 29.5 Å². The van der Waals surface area contributed by atoms with Crippen LogP contribution in [0.3, 0.4) is 0 Å². The number of guanidine groups is 1. The number of rotatable bonds is 9. The Morgan fingerprint density at radius 1 is 1.23 bits per heavy atom. The first-order chi connectivity index (χ1) is 14.8. The first-order valence-electron chi connectivity index (χ1n) is 10.0. The number of aliphatic imine (C=N–C) groups is 1. The van der Waals surface area contributed by atoms with Crippen LogP contribution in [0.5, 0.6) is 0 Å². The zero-order valence-electron chi connectivity index (χ0n) is 17.7. The van der Waals surface area contributed by atoms with Crippen LogP contribution in [0.4, 0.5) is 0 Å². The fraction of sp³-hybridized carbons (Fsp3) is 0.333. The number of hydrogen-bond acceptors (Lipinski definition) is 5. The van der Waals surface area contributed by atoms with E-state index >= 15 is 0 Å². The summed E-state index contributed by atoms with van der Waals surface area (Å²) in [5.74, 6) is 1.54. The molecule has 3 aromatic rings. The molecule has 0 atom stereocenters. The molecule has 0 amide bonds. The van der Waals surface area contributed by atoms with E-state index in [9.17, 15) is 8.42 Å². The van der Waals surface area contributed by atoms with Crippen LogP contribution in [0.15, 0.2) is 63.2 Å². The summed E-state index contributed by atoms with van der Waals surface area (Å²) in [6, 6.07) is 10.2. The number of nitrogens with one attached hydrogen (secondary N) is 2. The maximum atomic E-state index is 11.4. The van der Waals surface area contributed by atoms with Crippen molar-refractivity contribution in [2.75, 3.05) is 6.54 Å². The van der Waals surface area contributed by atoms with Gasteiger partial charge in [-0.15, -0.1) is 0 Å². The summed E-state index contributed by atoms with van der Waals surface area (Å²) in [6.45, 7) is 3.70. The van der Waals surface area contributed by atoms with E-state index in [0.717, 1.165) is 35.4 Å². The van der Waals surface area contributed by atoms with Crippen molar-refractivity contribution in [2.45, 2.75) is 37.8 Å². The minimum atomic E-state index is -3.71. The molecular formula is C21H28N6O3S. The van der Waals surface area contributed by atoms with Gasteiger partial charge in [-0.25, -0.2) is 18.5 Å². The predicted octanol–water partition coefficient (Wildman–Crippen LogP) is 1.70. The summed E-state index contributed by atoms with van der Waals surface area (Å²) < 4.78 is 30.0. The van der Waals surface area contributed by atoms with Crippen LogP contribution in [-0.4, -0.2) is 30.7 Å². The van der Waals surface area contributed by atoms with Gasteiger partial charge < -0.3 is 15.1 Å². The number of nitrogens with two attached hydrogens (primary N) is 1. The Kier molecular flexibility index (Phi) is 7.48. The standard InChI is InChI=1S/C21H28N6O3S/c1-3-20-17(15-27(2)26-20)14-25-21(23-11-10-18-5-4-12-30-18)24-13-16-6-8-19(9-7-16)31(22,28)29/h4-9,12,15H,3,10-11,13-14H2,1-2H3,(H2,22,28,29)(H2,23,24,25). The number of aryl methyl sites for hydroxylation is 2. The van der Waals surface area contributed by atoms with Gasteiger partial charge >= 0.3 is 0 Å². The molecule has 0 saturated heterocycles. The maximum absolute atomic E-state index is 11.4. The normalized spacial score (nSPS) is 12.2. The average Bonchev–Trinajstić information content (AvgIpc) is 3.38. The molecule has 0 unspecified atom stereocenters. The highest BCUT2D eigenvalue weighted by molar-refractivity contribution is 7.89. The minimum Gasteiger partial charge on any atom is -0.469 e. The Hall–Kier alpha value is -3.11. The summed E-state index contributed by atoms with van der Waals surface area (Å²) in [5.41, 5.74) is 3.03. The molecule has 1 aromatic carbocycles. The molecule has 166 valence electrons. The summed E-state index contributed by atoms with van der Waals surface area (Å²) >= 11 is 0. The van der Waals surface area contributed by atoms with Gasteiger partial charge in [-0.2, -0.15) is 5.10 Å². The van der Waals surface area contributed by atoms with E-state index in [4.69, 9.17) is 9.56 Å². The van der Waals surface area contributed by atoms with Gasteiger partial charge in [0.15, 0.2) is 5.96 Å². The molecule has 0 bridgehead atoms. The van der Waals surface area contributed by atoms with Crippen molar-refractivity contribution in [3.8, 4) is 0 Å². The lowest BCUT2D eigenvalue weighted by molar-refractivity contribution is 0.506. The molecule has 3 rings (SSSR count). The van der Waals surface area contributed by atoms with Crippen molar-refractivity contribution in [1.82, 2.24) is 20.4 Å². The summed E-state index contributed by atoms with van der Waals surface area (Å²) in [6.07, 6.45) is 5.23. The van der Waals surface area contributed by atoms with Gasteiger partial charge in [0.1, 0.15) is 5.76 Å². The van der Waals surface area contributed by atoms with Crippen LogP contribution in [0.25, 0.3) is 0 Å². The Balaban J connectivity index is 1.67. The molecule has 0 saturated carbocycles. The second-order valence-electron chi connectivity index (χ2n) is 7.09. The highest BCUT2D eigenvalue weighted by Crippen LogP contribution is 2.10. The lowest BCUT2D eigenvalue weighted by atomic mass is 10.2. The second kappa shape index (κ2) is 10.3. The molecule has 9 nitrogen and oxygen atoms in total. The zero-order chi connectivity index (χ0) is 22.3. The topological polar surface area (TPSA) is 128 Å². The van der Waals surface area contributed by atoms with Gasteiger partial charge in [-0.1, -0.05) is 19.1 Å². The Labute approximate surface area is 182 Å². The molecule has 0 spiro atoms. The average molecular weight is 445 g/mol. The molecule has 10 heteroatoms. The number of hydrogen-bond donors (Lipinski definition) is 3. The monoisotopic (exact) mass is 444 g/mol. The lowest BCUT2D eigenvalue weighted by Crippen LogP contribution is -2.38. The lowest BCUT2D eigenvalue weighted by Gasteiger charge is -2.12. The van der Waals surface area contributed by atoms with E-state index in [0.29, 0.717) is 25.6 Å². The SMILES string of the molecule is CCc1nn(C)cc1CNC(=NCc1ccc(S(N)(=O)=O)cc1)NCCc1ccco1. The smallest absolute Gasteiger partial charge is 0.238 e. The number of furan rings is 1. The number of primary sulfonamides is 1.